The topological polar surface area (TPSA) is 58.4 Å². The first-order chi connectivity index (χ1) is 7.49. The molecule has 6 heteroatoms. The van der Waals surface area contributed by atoms with Gasteiger partial charge in [0.05, 0.1) is 6.04 Å². The third-order valence-corrected chi connectivity index (χ3v) is 2.11. The first kappa shape index (κ1) is 19.5. The molecule has 0 fully saturated rings. The Balaban J connectivity index is 0. The van der Waals surface area contributed by atoms with E-state index in [4.69, 9.17) is 5.73 Å². The van der Waals surface area contributed by atoms with Crippen LogP contribution in [0.5, 0.6) is 0 Å². The lowest BCUT2D eigenvalue weighted by molar-refractivity contribution is -0.117. The summed E-state index contributed by atoms with van der Waals surface area (Å²) in [6.45, 7) is 2.51. The van der Waals surface area contributed by atoms with E-state index in [1.165, 1.54) is 0 Å². The lowest BCUT2D eigenvalue weighted by atomic mass is 10.2. The van der Waals surface area contributed by atoms with E-state index >= 15 is 0 Å². The molecule has 0 heterocycles. The normalized spacial score (nSPS) is 11.2. The smallest absolute Gasteiger partial charge is 0.240 e. The molecule has 104 valence electrons. The van der Waals surface area contributed by atoms with Crippen LogP contribution in [-0.4, -0.2) is 30.9 Å². The molecule has 0 unspecified atom stereocenters. The Hall–Kier alpha value is -0.810. The van der Waals surface area contributed by atoms with Gasteiger partial charge < -0.3 is 16.0 Å². The zero-order chi connectivity index (χ0) is 12.1. The molecule has 0 aromatic heterocycles. The van der Waals surface area contributed by atoms with Gasteiger partial charge in [0.25, 0.3) is 0 Å². The zero-order valence-corrected chi connectivity index (χ0v) is 12.5. The van der Waals surface area contributed by atoms with Gasteiger partial charge in [-0.3, -0.25) is 4.79 Å². The minimum atomic E-state index is -0.488. The van der Waals surface area contributed by atoms with E-state index < -0.39 is 6.04 Å². The maximum Gasteiger partial charge on any atom is 0.240 e. The number of hydrogen-bond donors (Lipinski definition) is 2. The van der Waals surface area contributed by atoms with E-state index in [-0.39, 0.29) is 30.7 Å². The second kappa shape index (κ2) is 9.16. The molecule has 1 aromatic carbocycles. The van der Waals surface area contributed by atoms with Crippen molar-refractivity contribution in [3.05, 3.63) is 29.8 Å². The fourth-order valence-corrected chi connectivity index (χ4v) is 1.37. The van der Waals surface area contributed by atoms with Crippen LogP contribution in [0.3, 0.4) is 0 Å². The van der Waals surface area contributed by atoms with E-state index in [1.807, 2.05) is 38.4 Å². The molecule has 3 N–H and O–H groups in total. The molecule has 0 spiro atoms. The van der Waals surface area contributed by atoms with Gasteiger partial charge in [-0.2, -0.15) is 0 Å². The molecule has 0 saturated heterocycles. The SMILES string of the molecule is C[C@H](N)C(=O)Nc1cccc(CN(C)C)c1.Cl.Cl. The Morgan fingerprint density at radius 3 is 2.50 bits per heavy atom. The van der Waals surface area contributed by atoms with Crippen LogP contribution in [0, 0.1) is 0 Å². The lowest BCUT2D eigenvalue weighted by Crippen LogP contribution is -2.32. The number of halogens is 2. The lowest BCUT2D eigenvalue weighted by Gasteiger charge is -2.12. The number of anilines is 1. The van der Waals surface area contributed by atoms with Crippen LogP contribution >= 0.6 is 24.8 Å². The summed E-state index contributed by atoms with van der Waals surface area (Å²) in [4.78, 5) is 13.5. The Bertz CT molecular complexity index is 370. The van der Waals surface area contributed by atoms with Gasteiger partial charge in [0.2, 0.25) is 5.91 Å². The number of carbonyl (C=O) groups excluding carboxylic acids is 1. The monoisotopic (exact) mass is 293 g/mol. The standard InChI is InChI=1S/C12H19N3O.2ClH/c1-9(13)12(16)14-11-6-4-5-10(7-11)8-15(2)3;;/h4-7,9H,8,13H2,1-3H3,(H,14,16);2*1H/t9-;;/m0../s1. The van der Waals surface area contributed by atoms with Crippen molar-refractivity contribution in [2.24, 2.45) is 5.73 Å². The number of rotatable bonds is 4. The number of benzene rings is 1. The van der Waals surface area contributed by atoms with Crippen molar-refractivity contribution in [2.45, 2.75) is 19.5 Å². The summed E-state index contributed by atoms with van der Waals surface area (Å²) in [5.74, 6) is -0.165. The van der Waals surface area contributed by atoms with Crippen molar-refractivity contribution in [2.75, 3.05) is 19.4 Å². The Kier molecular flexibility index (Phi) is 9.94. The Morgan fingerprint density at radius 1 is 1.39 bits per heavy atom. The molecule has 0 saturated carbocycles. The molecular weight excluding hydrogens is 273 g/mol. The third-order valence-electron chi connectivity index (χ3n) is 2.11. The molecule has 1 rings (SSSR count). The van der Waals surface area contributed by atoms with Crippen LogP contribution in [0.25, 0.3) is 0 Å². The van der Waals surface area contributed by atoms with Crippen LogP contribution in [0.1, 0.15) is 12.5 Å². The predicted octanol–water partition coefficient (Wildman–Crippen LogP) is 1.88. The fourth-order valence-electron chi connectivity index (χ4n) is 1.37. The fraction of sp³-hybridized carbons (Fsp3) is 0.417. The average Bonchev–Trinajstić information content (AvgIpc) is 2.16. The number of hydrogen-bond acceptors (Lipinski definition) is 3. The quantitative estimate of drug-likeness (QED) is 0.891. The Labute approximate surface area is 121 Å². The highest BCUT2D eigenvalue weighted by atomic mass is 35.5. The van der Waals surface area contributed by atoms with Crippen LogP contribution in [0.4, 0.5) is 5.69 Å². The second-order valence-electron chi connectivity index (χ2n) is 4.22. The van der Waals surface area contributed by atoms with Crippen LogP contribution < -0.4 is 11.1 Å². The predicted molar refractivity (Wildman–Crippen MR) is 80.6 cm³/mol. The summed E-state index contributed by atoms with van der Waals surface area (Å²) in [6, 6.07) is 7.29. The molecule has 0 bridgehead atoms. The van der Waals surface area contributed by atoms with Crippen LogP contribution in [-0.2, 0) is 11.3 Å². The van der Waals surface area contributed by atoms with Crippen LogP contribution in [0.2, 0.25) is 0 Å². The average molecular weight is 294 g/mol. The highest BCUT2D eigenvalue weighted by Crippen LogP contribution is 2.11. The van der Waals surface area contributed by atoms with Crippen LogP contribution in [0.15, 0.2) is 24.3 Å². The minimum Gasteiger partial charge on any atom is -0.325 e. The third kappa shape index (κ3) is 6.81. The van der Waals surface area contributed by atoms with Gasteiger partial charge in [-0.25, -0.2) is 0 Å². The minimum absolute atomic E-state index is 0. The van der Waals surface area contributed by atoms with Crippen molar-refractivity contribution in [1.82, 2.24) is 4.90 Å². The first-order valence-electron chi connectivity index (χ1n) is 5.29. The van der Waals surface area contributed by atoms with Gasteiger partial charge >= 0.3 is 0 Å². The highest BCUT2D eigenvalue weighted by Gasteiger charge is 2.07. The number of amides is 1. The molecule has 0 radical (unpaired) electrons. The van der Waals surface area contributed by atoms with Crippen molar-refractivity contribution in [1.29, 1.82) is 0 Å². The van der Waals surface area contributed by atoms with E-state index in [0.29, 0.717) is 0 Å². The highest BCUT2D eigenvalue weighted by molar-refractivity contribution is 5.94. The van der Waals surface area contributed by atoms with Gasteiger partial charge in [0.1, 0.15) is 0 Å². The summed E-state index contributed by atoms with van der Waals surface area (Å²) in [6.07, 6.45) is 0. The van der Waals surface area contributed by atoms with Crippen molar-refractivity contribution in [3.8, 4) is 0 Å². The maximum atomic E-state index is 11.4. The molecule has 0 aliphatic rings. The number of nitrogens with two attached hydrogens (primary N) is 1. The van der Waals surface area contributed by atoms with E-state index in [0.717, 1.165) is 17.8 Å². The largest absolute Gasteiger partial charge is 0.325 e. The molecule has 1 aromatic rings. The summed E-state index contributed by atoms with van der Waals surface area (Å²) in [5, 5.41) is 2.77. The molecule has 0 aliphatic heterocycles. The molecule has 18 heavy (non-hydrogen) atoms. The Morgan fingerprint density at radius 2 is 2.00 bits per heavy atom. The van der Waals surface area contributed by atoms with E-state index in [9.17, 15) is 4.79 Å². The summed E-state index contributed by atoms with van der Waals surface area (Å²) >= 11 is 0. The molecule has 4 nitrogen and oxygen atoms in total. The molecule has 0 aliphatic carbocycles. The van der Waals surface area contributed by atoms with Crippen molar-refractivity contribution in [3.63, 3.8) is 0 Å². The zero-order valence-electron chi connectivity index (χ0n) is 10.8. The van der Waals surface area contributed by atoms with Gasteiger partial charge in [-0.1, -0.05) is 12.1 Å². The van der Waals surface area contributed by atoms with E-state index in [1.54, 1.807) is 6.92 Å². The van der Waals surface area contributed by atoms with Gasteiger partial charge in [-0.05, 0) is 38.7 Å². The van der Waals surface area contributed by atoms with Crippen molar-refractivity contribution >= 4 is 36.4 Å². The van der Waals surface area contributed by atoms with Gasteiger partial charge in [0.15, 0.2) is 0 Å². The summed E-state index contributed by atoms with van der Waals surface area (Å²) in [5.41, 5.74) is 7.44. The first-order valence-corrected chi connectivity index (χ1v) is 5.29. The van der Waals surface area contributed by atoms with E-state index in [2.05, 4.69) is 10.2 Å². The number of carbonyl (C=O) groups is 1. The van der Waals surface area contributed by atoms with Gasteiger partial charge in [0, 0.05) is 12.2 Å². The molecule has 1 atom stereocenters. The summed E-state index contributed by atoms with van der Waals surface area (Å²) in [7, 11) is 4.01. The molecular formula is C12H21Cl2N3O. The molecule has 1 amide bonds. The maximum absolute atomic E-state index is 11.4. The second-order valence-corrected chi connectivity index (χ2v) is 4.22. The van der Waals surface area contributed by atoms with Gasteiger partial charge in [-0.15, -0.1) is 24.8 Å². The van der Waals surface area contributed by atoms with Crippen molar-refractivity contribution < 1.29 is 4.79 Å². The summed E-state index contributed by atoms with van der Waals surface area (Å²) < 4.78 is 0. The number of nitrogens with one attached hydrogen (secondary N) is 1. The number of nitrogens with zero attached hydrogens (tertiary/aromatic N) is 1.